The fraction of sp³-hybridized carbons (Fsp3) is 0.300. The van der Waals surface area contributed by atoms with Gasteiger partial charge < -0.3 is 19.9 Å². The van der Waals surface area contributed by atoms with E-state index >= 15 is 0 Å². The molecule has 3 aromatic rings. The van der Waals surface area contributed by atoms with E-state index in [1.807, 2.05) is 47.6 Å². The van der Waals surface area contributed by atoms with Crippen LogP contribution < -0.4 is 15.0 Å². The number of nitrogens with one attached hydrogen (secondary N) is 1. The van der Waals surface area contributed by atoms with Crippen molar-refractivity contribution in [1.82, 2.24) is 18.6 Å². The van der Waals surface area contributed by atoms with Gasteiger partial charge in [-0.2, -0.15) is 4.37 Å². The highest BCUT2D eigenvalue weighted by Crippen LogP contribution is 2.27. The van der Waals surface area contributed by atoms with Crippen molar-refractivity contribution in [3.63, 3.8) is 0 Å². The summed E-state index contributed by atoms with van der Waals surface area (Å²) in [5.41, 5.74) is 1.83. The number of hydrogen-bond donors (Lipinski definition) is 1. The first-order chi connectivity index (χ1) is 14.7. The van der Waals surface area contributed by atoms with Crippen LogP contribution in [-0.4, -0.2) is 57.1 Å². The summed E-state index contributed by atoms with van der Waals surface area (Å²) in [6, 6.07) is 11.6. The summed E-state index contributed by atoms with van der Waals surface area (Å²) < 4.78 is 14.6. The first-order valence-corrected chi connectivity index (χ1v) is 11.5. The minimum Gasteiger partial charge on any atom is -0.470 e. The predicted molar refractivity (Wildman–Crippen MR) is 120 cm³/mol. The zero-order chi connectivity index (χ0) is 20.8. The van der Waals surface area contributed by atoms with Crippen LogP contribution >= 0.6 is 23.5 Å². The number of carbonyl (C=O) groups is 1. The summed E-state index contributed by atoms with van der Waals surface area (Å²) in [6.45, 7) is 2.98. The van der Waals surface area contributed by atoms with Crippen molar-refractivity contribution in [3.05, 3.63) is 54.4 Å². The molecule has 1 aromatic carbocycles. The van der Waals surface area contributed by atoms with Gasteiger partial charge in [-0.3, -0.25) is 4.98 Å². The number of anilines is 2. The molecule has 0 bridgehead atoms. The Labute approximate surface area is 183 Å². The molecule has 0 spiro atoms. The lowest BCUT2D eigenvalue weighted by Crippen LogP contribution is -2.50. The molecule has 4 rings (SSSR count). The maximum absolute atomic E-state index is 12.6. The molecule has 156 valence electrons. The van der Waals surface area contributed by atoms with Crippen molar-refractivity contribution in [3.8, 4) is 5.88 Å². The first kappa shape index (κ1) is 20.4. The number of ether oxygens (including phenoxy) is 1. The molecule has 8 nitrogen and oxygen atoms in total. The summed E-state index contributed by atoms with van der Waals surface area (Å²) in [5.74, 6) is 1.27. The van der Waals surface area contributed by atoms with Gasteiger partial charge in [0.2, 0.25) is 5.82 Å². The standard InChI is InChI=1S/C20H22N6O2S2/c1-29-17-4-2-3-16(13-17)22-20(27)26-11-9-25(10-12-26)18-19(24-30-23-18)28-14-15-5-7-21-8-6-15/h2-8,13H,9-12,14H2,1H3,(H,22,27). The molecule has 0 radical (unpaired) electrons. The van der Waals surface area contributed by atoms with Crippen molar-refractivity contribution >= 4 is 41.0 Å². The molecule has 30 heavy (non-hydrogen) atoms. The van der Waals surface area contributed by atoms with Gasteiger partial charge >= 0.3 is 6.03 Å². The molecule has 1 fully saturated rings. The van der Waals surface area contributed by atoms with Gasteiger partial charge in [-0.05, 0) is 42.2 Å². The summed E-state index contributed by atoms with van der Waals surface area (Å²) in [4.78, 5) is 21.7. The monoisotopic (exact) mass is 442 g/mol. The van der Waals surface area contributed by atoms with Gasteiger partial charge in [0.25, 0.3) is 5.88 Å². The third-order valence-electron chi connectivity index (χ3n) is 4.75. The number of pyridine rings is 1. The van der Waals surface area contributed by atoms with Crippen LogP contribution in [0.4, 0.5) is 16.3 Å². The Bertz CT molecular complexity index is 976. The molecular formula is C20H22N6O2S2. The quantitative estimate of drug-likeness (QED) is 0.584. The Morgan fingerprint density at radius 1 is 1.17 bits per heavy atom. The third-order valence-corrected chi connectivity index (χ3v) is 5.98. The number of thioether (sulfide) groups is 1. The number of piperazine rings is 1. The molecule has 0 saturated carbocycles. The lowest BCUT2D eigenvalue weighted by atomic mass is 10.3. The summed E-state index contributed by atoms with van der Waals surface area (Å²) in [6.07, 6.45) is 5.49. The van der Waals surface area contributed by atoms with Gasteiger partial charge in [0.05, 0.1) is 11.7 Å². The number of hydrogen-bond acceptors (Lipinski definition) is 8. The second kappa shape index (κ2) is 9.77. The normalized spacial score (nSPS) is 13.9. The number of aromatic nitrogens is 3. The zero-order valence-corrected chi connectivity index (χ0v) is 18.2. The molecule has 1 aliphatic heterocycles. The van der Waals surface area contributed by atoms with Crippen molar-refractivity contribution in [2.24, 2.45) is 0 Å². The molecule has 2 aromatic heterocycles. The SMILES string of the molecule is CSc1cccc(NC(=O)N2CCN(c3nsnc3OCc3ccncc3)CC2)c1. The van der Waals surface area contributed by atoms with E-state index in [2.05, 4.69) is 23.9 Å². The Kier molecular flexibility index (Phi) is 6.65. The molecule has 0 aliphatic carbocycles. The van der Waals surface area contributed by atoms with E-state index in [9.17, 15) is 4.79 Å². The maximum atomic E-state index is 12.6. The minimum atomic E-state index is -0.0848. The highest BCUT2D eigenvalue weighted by atomic mass is 32.2. The highest BCUT2D eigenvalue weighted by molar-refractivity contribution is 7.98. The Morgan fingerprint density at radius 3 is 2.73 bits per heavy atom. The lowest BCUT2D eigenvalue weighted by Gasteiger charge is -2.34. The molecule has 3 heterocycles. The van der Waals surface area contributed by atoms with Crippen LogP contribution in [0.25, 0.3) is 0 Å². The fourth-order valence-corrected chi connectivity index (χ4v) is 4.10. The average Bonchev–Trinajstić information content (AvgIpc) is 3.27. The van der Waals surface area contributed by atoms with E-state index in [0.717, 1.165) is 33.7 Å². The highest BCUT2D eigenvalue weighted by Gasteiger charge is 2.25. The topological polar surface area (TPSA) is 83.5 Å². The minimum absolute atomic E-state index is 0.0848. The van der Waals surface area contributed by atoms with E-state index in [0.29, 0.717) is 38.7 Å². The van der Waals surface area contributed by atoms with Crippen LogP contribution in [-0.2, 0) is 6.61 Å². The number of nitrogens with zero attached hydrogens (tertiary/aromatic N) is 5. The molecule has 0 atom stereocenters. The van der Waals surface area contributed by atoms with Gasteiger partial charge in [0, 0.05) is 49.2 Å². The van der Waals surface area contributed by atoms with Crippen molar-refractivity contribution in [2.45, 2.75) is 11.5 Å². The second-order valence-corrected chi connectivity index (χ2v) is 8.08. The summed E-state index contributed by atoms with van der Waals surface area (Å²) in [5, 5.41) is 2.99. The van der Waals surface area contributed by atoms with Crippen LogP contribution in [0.3, 0.4) is 0 Å². The smallest absolute Gasteiger partial charge is 0.321 e. The lowest BCUT2D eigenvalue weighted by molar-refractivity contribution is 0.208. The molecule has 1 saturated heterocycles. The third kappa shape index (κ3) is 5.00. The Balaban J connectivity index is 1.31. The average molecular weight is 443 g/mol. The Hall–Kier alpha value is -2.85. The van der Waals surface area contributed by atoms with Crippen LogP contribution in [0.15, 0.2) is 53.7 Å². The largest absolute Gasteiger partial charge is 0.470 e. The fourth-order valence-electron chi connectivity index (χ4n) is 3.12. The number of amides is 2. The molecule has 1 aliphatic rings. The molecule has 0 unspecified atom stereocenters. The predicted octanol–water partition coefficient (Wildman–Crippen LogP) is 3.59. The summed E-state index contributed by atoms with van der Waals surface area (Å²) >= 11 is 2.78. The molecule has 10 heteroatoms. The number of urea groups is 1. The molecular weight excluding hydrogens is 420 g/mol. The van der Waals surface area contributed by atoms with E-state index < -0.39 is 0 Å². The van der Waals surface area contributed by atoms with Gasteiger partial charge in [-0.15, -0.1) is 16.1 Å². The van der Waals surface area contributed by atoms with Crippen LogP contribution in [0.1, 0.15) is 5.56 Å². The van der Waals surface area contributed by atoms with Gasteiger partial charge in [-0.1, -0.05) is 6.07 Å². The van der Waals surface area contributed by atoms with Crippen LogP contribution in [0.5, 0.6) is 5.88 Å². The molecule has 1 N–H and O–H groups in total. The number of rotatable bonds is 6. The van der Waals surface area contributed by atoms with E-state index in [4.69, 9.17) is 4.74 Å². The van der Waals surface area contributed by atoms with Crippen molar-refractivity contribution in [2.75, 3.05) is 42.7 Å². The van der Waals surface area contributed by atoms with Crippen LogP contribution in [0.2, 0.25) is 0 Å². The van der Waals surface area contributed by atoms with E-state index in [-0.39, 0.29) is 6.03 Å². The zero-order valence-electron chi connectivity index (χ0n) is 16.5. The Morgan fingerprint density at radius 2 is 1.97 bits per heavy atom. The van der Waals surface area contributed by atoms with E-state index in [1.165, 1.54) is 0 Å². The summed E-state index contributed by atoms with van der Waals surface area (Å²) in [7, 11) is 0. The van der Waals surface area contributed by atoms with Crippen molar-refractivity contribution in [1.29, 1.82) is 0 Å². The number of benzene rings is 1. The van der Waals surface area contributed by atoms with Crippen LogP contribution in [0, 0.1) is 0 Å². The molecule has 2 amide bonds. The van der Waals surface area contributed by atoms with Gasteiger partial charge in [0.1, 0.15) is 6.61 Å². The number of carbonyl (C=O) groups excluding carboxylic acids is 1. The van der Waals surface area contributed by atoms with Crippen molar-refractivity contribution < 1.29 is 9.53 Å². The maximum Gasteiger partial charge on any atom is 0.321 e. The van der Waals surface area contributed by atoms with Gasteiger partial charge in [-0.25, -0.2) is 4.79 Å². The van der Waals surface area contributed by atoms with Gasteiger partial charge in [0.15, 0.2) is 0 Å². The first-order valence-electron chi connectivity index (χ1n) is 9.52. The second-order valence-electron chi connectivity index (χ2n) is 6.67. The van der Waals surface area contributed by atoms with E-state index in [1.54, 1.807) is 24.2 Å².